The molecule has 1 aromatic heterocycles. The summed E-state index contributed by atoms with van der Waals surface area (Å²) in [5, 5.41) is 0. The first-order valence-corrected chi connectivity index (χ1v) is 5.91. The van der Waals surface area contributed by atoms with Crippen molar-refractivity contribution >= 4 is 0 Å². The van der Waals surface area contributed by atoms with Crippen LogP contribution in [0, 0.1) is 6.92 Å². The van der Waals surface area contributed by atoms with Crippen molar-refractivity contribution in [2.75, 3.05) is 6.54 Å². The molecule has 16 heavy (non-hydrogen) atoms. The van der Waals surface area contributed by atoms with Gasteiger partial charge in [0.2, 0.25) is 0 Å². The minimum absolute atomic E-state index is 0.0434. The molecule has 0 radical (unpaired) electrons. The van der Waals surface area contributed by atoms with Crippen LogP contribution in [0.2, 0.25) is 0 Å². The number of nitrogens with zero attached hydrogens (tertiary/aromatic N) is 2. The number of aryl methyl sites for hydroxylation is 1. The van der Waals surface area contributed by atoms with Gasteiger partial charge in [0.25, 0.3) is 5.56 Å². The molecule has 1 aliphatic rings. The maximum Gasteiger partial charge on any atom is 0.251 e. The van der Waals surface area contributed by atoms with Crippen LogP contribution in [0.25, 0.3) is 0 Å². The molecule has 0 spiro atoms. The molecule has 0 amide bonds. The maximum atomic E-state index is 11.4. The highest BCUT2D eigenvalue weighted by Crippen LogP contribution is 2.31. The Morgan fingerprint density at radius 2 is 2.31 bits per heavy atom. The second-order valence-electron chi connectivity index (χ2n) is 4.75. The zero-order valence-electron chi connectivity index (χ0n) is 10.2. The molecule has 1 fully saturated rings. The van der Waals surface area contributed by atoms with Crippen LogP contribution in [-0.4, -0.2) is 27.5 Å². The third kappa shape index (κ3) is 2.16. The Morgan fingerprint density at radius 1 is 1.56 bits per heavy atom. The van der Waals surface area contributed by atoms with Gasteiger partial charge in [-0.3, -0.25) is 9.69 Å². The van der Waals surface area contributed by atoms with Gasteiger partial charge in [-0.25, -0.2) is 4.98 Å². The van der Waals surface area contributed by atoms with Crippen molar-refractivity contribution in [1.29, 1.82) is 0 Å². The van der Waals surface area contributed by atoms with Crippen molar-refractivity contribution in [3.63, 3.8) is 0 Å². The van der Waals surface area contributed by atoms with E-state index >= 15 is 0 Å². The third-order valence-corrected chi connectivity index (χ3v) is 3.18. The van der Waals surface area contributed by atoms with Crippen LogP contribution < -0.4 is 5.56 Å². The molecule has 2 rings (SSSR count). The fourth-order valence-electron chi connectivity index (χ4n) is 2.50. The molecule has 2 heterocycles. The van der Waals surface area contributed by atoms with Crippen molar-refractivity contribution in [1.82, 2.24) is 14.9 Å². The number of nitrogens with one attached hydrogen (secondary N) is 1. The van der Waals surface area contributed by atoms with E-state index in [0.29, 0.717) is 17.9 Å². The van der Waals surface area contributed by atoms with Gasteiger partial charge in [0.15, 0.2) is 0 Å². The molecule has 4 heteroatoms. The first kappa shape index (κ1) is 11.3. The minimum Gasteiger partial charge on any atom is -0.311 e. The van der Waals surface area contributed by atoms with E-state index in [0.717, 1.165) is 18.7 Å². The predicted octanol–water partition coefficient (Wildman–Crippen LogP) is 1.62. The lowest BCUT2D eigenvalue weighted by atomic mass is 10.1. The number of hydrogen-bond donors (Lipinski definition) is 1. The molecule has 4 nitrogen and oxygen atoms in total. The molecule has 1 aliphatic heterocycles. The normalized spacial score (nSPS) is 21.9. The van der Waals surface area contributed by atoms with E-state index in [4.69, 9.17) is 0 Å². The number of H-pyrrole nitrogens is 1. The highest BCUT2D eigenvalue weighted by atomic mass is 16.1. The lowest BCUT2D eigenvalue weighted by Crippen LogP contribution is -2.31. The molecule has 1 N–H and O–H groups in total. The van der Waals surface area contributed by atoms with Crippen LogP contribution >= 0.6 is 0 Å². The maximum absolute atomic E-state index is 11.4. The van der Waals surface area contributed by atoms with Crippen LogP contribution in [-0.2, 0) is 0 Å². The Labute approximate surface area is 95.7 Å². The molecule has 1 saturated heterocycles. The van der Waals surface area contributed by atoms with Crippen LogP contribution in [0.5, 0.6) is 0 Å². The van der Waals surface area contributed by atoms with Gasteiger partial charge in [0.05, 0.1) is 11.7 Å². The van der Waals surface area contributed by atoms with Gasteiger partial charge in [-0.1, -0.05) is 0 Å². The van der Waals surface area contributed by atoms with Crippen LogP contribution in [0.15, 0.2) is 10.9 Å². The number of aromatic nitrogens is 2. The van der Waals surface area contributed by atoms with Crippen molar-refractivity contribution in [2.45, 2.75) is 45.7 Å². The number of rotatable bonds is 2. The lowest BCUT2D eigenvalue weighted by molar-refractivity contribution is 0.202. The molecule has 1 aromatic rings. The molecule has 0 saturated carbocycles. The van der Waals surface area contributed by atoms with E-state index in [9.17, 15) is 4.79 Å². The molecular weight excluding hydrogens is 202 g/mol. The van der Waals surface area contributed by atoms with Gasteiger partial charge < -0.3 is 4.98 Å². The van der Waals surface area contributed by atoms with E-state index in [1.165, 1.54) is 6.42 Å². The van der Waals surface area contributed by atoms with Gasteiger partial charge in [0.1, 0.15) is 5.82 Å². The van der Waals surface area contributed by atoms with Gasteiger partial charge in [-0.05, 0) is 40.2 Å². The zero-order chi connectivity index (χ0) is 11.7. The summed E-state index contributed by atoms with van der Waals surface area (Å²) in [6.45, 7) is 7.33. The van der Waals surface area contributed by atoms with E-state index in [1.807, 2.05) is 6.92 Å². The summed E-state index contributed by atoms with van der Waals surface area (Å²) in [6, 6.07) is 2.47. The second-order valence-corrected chi connectivity index (χ2v) is 4.75. The zero-order valence-corrected chi connectivity index (χ0v) is 10.2. The molecule has 1 unspecified atom stereocenters. The summed E-state index contributed by atoms with van der Waals surface area (Å²) in [7, 11) is 0. The monoisotopic (exact) mass is 221 g/mol. The van der Waals surface area contributed by atoms with Gasteiger partial charge >= 0.3 is 0 Å². The van der Waals surface area contributed by atoms with Crippen molar-refractivity contribution < 1.29 is 0 Å². The Morgan fingerprint density at radius 3 is 2.94 bits per heavy atom. The van der Waals surface area contributed by atoms with Crippen molar-refractivity contribution in [2.24, 2.45) is 0 Å². The average molecular weight is 221 g/mol. The first-order valence-electron chi connectivity index (χ1n) is 5.91. The summed E-state index contributed by atoms with van der Waals surface area (Å²) in [4.78, 5) is 21.0. The lowest BCUT2D eigenvalue weighted by Gasteiger charge is -2.27. The predicted molar refractivity (Wildman–Crippen MR) is 63.4 cm³/mol. The van der Waals surface area contributed by atoms with Gasteiger partial charge in [-0.2, -0.15) is 0 Å². The van der Waals surface area contributed by atoms with E-state index in [1.54, 1.807) is 6.07 Å². The van der Waals surface area contributed by atoms with Crippen LogP contribution in [0.3, 0.4) is 0 Å². The summed E-state index contributed by atoms with van der Waals surface area (Å²) in [5.41, 5.74) is 0.880. The van der Waals surface area contributed by atoms with E-state index in [-0.39, 0.29) is 5.56 Å². The van der Waals surface area contributed by atoms with Crippen molar-refractivity contribution in [3.8, 4) is 0 Å². The van der Waals surface area contributed by atoms with Crippen LogP contribution in [0.1, 0.15) is 44.2 Å². The van der Waals surface area contributed by atoms with E-state index < -0.39 is 0 Å². The number of aromatic amines is 1. The molecule has 88 valence electrons. The average Bonchev–Trinajstić information content (AvgIpc) is 2.63. The fourth-order valence-corrected chi connectivity index (χ4v) is 2.50. The molecule has 0 bridgehead atoms. The summed E-state index contributed by atoms with van der Waals surface area (Å²) in [5.74, 6) is 0.707. The quantitative estimate of drug-likeness (QED) is 0.825. The topological polar surface area (TPSA) is 49.0 Å². The Hall–Kier alpha value is -1.16. The van der Waals surface area contributed by atoms with E-state index in [2.05, 4.69) is 28.7 Å². The summed E-state index contributed by atoms with van der Waals surface area (Å²) < 4.78 is 0. The standard InChI is InChI=1S/C12H19N3O/c1-8(2)15-6-4-5-11(15)10-7-12(16)14-9(3)13-10/h7-8,11H,4-6H2,1-3H3,(H,13,14,16). The summed E-state index contributed by atoms with van der Waals surface area (Å²) >= 11 is 0. The smallest absolute Gasteiger partial charge is 0.251 e. The molecule has 0 aromatic carbocycles. The molecular formula is C12H19N3O. The summed E-state index contributed by atoms with van der Waals surface area (Å²) in [6.07, 6.45) is 2.30. The van der Waals surface area contributed by atoms with Crippen molar-refractivity contribution in [3.05, 3.63) is 27.9 Å². The van der Waals surface area contributed by atoms with Gasteiger partial charge in [-0.15, -0.1) is 0 Å². The minimum atomic E-state index is -0.0434. The fraction of sp³-hybridized carbons (Fsp3) is 0.667. The highest BCUT2D eigenvalue weighted by Gasteiger charge is 2.29. The largest absolute Gasteiger partial charge is 0.311 e. The van der Waals surface area contributed by atoms with Crippen LogP contribution in [0.4, 0.5) is 0 Å². The number of likely N-dealkylation sites (tertiary alicyclic amines) is 1. The third-order valence-electron chi connectivity index (χ3n) is 3.18. The Kier molecular flexibility index (Phi) is 3.10. The first-order chi connectivity index (χ1) is 7.58. The highest BCUT2D eigenvalue weighted by molar-refractivity contribution is 5.10. The number of hydrogen-bond acceptors (Lipinski definition) is 3. The Bertz CT molecular complexity index is 425. The molecule has 1 atom stereocenters. The van der Waals surface area contributed by atoms with Gasteiger partial charge in [0, 0.05) is 12.1 Å². The molecule has 0 aliphatic carbocycles. The Balaban J connectivity index is 2.32. The second kappa shape index (κ2) is 4.37. The SMILES string of the molecule is Cc1nc(C2CCCN2C(C)C)cc(=O)[nH]1.